The second kappa shape index (κ2) is 11.6. The molecule has 5 rings (SSSR count). The van der Waals surface area contributed by atoms with Crippen molar-refractivity contribution in [2.75, 3.05) is 6.61 Å². The highest BCUT2D eigenvalue weighted by Crippen LogP contribution is 2.39. The van der Waals surface area contributed by atoms with E-state index >= 15 is 0 Å². The van der Waals surface area contributed by atoms with E-state index in [4.69, 9.17) is 17.0 Å². The predicted molar refractivity (Wildman–Crippen MR) is 150 cm³/mol. The van der Waals surface area contributed by atoms with Gasteiger partial charge in [-0.05, 0) is 48.3 Å². The van der Waals surface area contributed by atoms with Crippen molar-refractivity contribution in [2.45, 2.75) is 25.4 Å². The molecule has 5 aromatic rings. The third kappa shape index (κ3) is 5.50. The zero-order valence-electron chi connectivity index (χ0n) is 21.9. The molecule has 0 saturated carbocycles. The van der Waals surface area contributed by atoms with Crippen LogP contribution in [0.1, 0.15) is 35.6 Å². The molecule has 3 aromatic carbocycles. The molecule has 0 radical (unpaired) electrons. The lowest BCUT2D eigenvalue weighted by molar-refractivity contribution is -0.663. The van der Waals surface area contributed by atoms with Gasteiger partial charge in [-0.25, -0.2) is 13.9 Å². The summed E-state index contributed by atoms with van der Waals surface area (Å²) < 4.78 is 8.99. The number of H-pyrrole nitrogens is 2. The number of aromatic nitrogens is 4. The van der Waals surface area contributed by atoms with E-state index in [-0.39, 0.29) is 22.6 Å². The highest BCUT2D eigenvalue weighted by atomic mass is 32.1. The molecule has 2 atom stereocenters. The number of para-hydroxylation sites is 2. The Morgan fingerprint density at radius 1 is 1.05 bits per heavy atom. The van der Waals surface area contributed by atoms with Crippen molar-refractivity contribution in [1.29, 1.82) is 0 Å². The number of non-ortho nitro benzene ring substituents is 1. The molecule has 0 spiro atoms. The lowest BCUT2D eigenvalue weighted by Gasteiger charge is -2.27. The average molecular weight is 572 g/mol. The Bertz CT molecular complexity index is 1850. The second-order valence-corrected chi connectivity index (χ2v) is 9.71. The van der Waals surface area contributed by atoms with Gasteiger partial charge in [-0.1, -0.05) is 54.6 Å². The molecule has 0 saturated heterocycles. The molecule has 2 N–H and O–H groups in total. The summed E-state index contributed by atoms with van der Waals surface area (Å²) in [5, 5.41) is 24.6. The third-order valence-electron chi connectivity index (χ3n) is 6.79. The number of benzene rings is 3. The van der Waals surface area contributed by atoms with Crippen molar-refractivity contribution in [3.63, 3.8) is 0 Å². The lowest BCUT2D eigenvalue weighted by Crippen LogP contribution is -2.36. The number of imidazole rings is 1. The lowest BCUT2D eigenvalue weighted by atomic mass is 9.85. The molecule has 0 amide bonds. The van der Waals surface area contributed by atoms with Gasteiger partial charge >= 0.3 is 5.97 Å². The number of nitrogens with zero attached hydrogens (tertiary/aromatic N) is 3. The summed E-state index contributed by atoms with van der Waals surface area (Å²) in [5.74, 6) is -2.66. The topological polar surface area (TPSA) is 150 Å². The molecular weight excluding hydrogens is 546 g/mol. The molecule has 2 aromatic heterocycles. The number of ether oxygens (including phenoxy) is 1. The quantitative estimate of drug-likeness (QED) is 0.0902. The minimum absolute atomic E-state index is 0.0450. The number of aromatic amines is 2. The van der Waals surface area contributed by atoms with Gasteiger partial charge in [0.2, 0.25) is 12.4 Å². The Hall–Kier alpha value is -5.10. The van der Waals surface area contributed by atoms with Crippen molar-refractivity contribution in [1.82, 2.24) is 14.5 Å². The number of hydrogen-bond donors (Lipinski definition) is 2. The molecule has 2 heterocycles. The third-order valence-corrected chi connectivity index (χ3v) is 6.99. The number of carbonyl (C=O) groups is 1. The van der Waals surface area contributed by atoms with Crippen molar-refractivity contribution in [3.8, 4) is 5.88 Å². The number of esters is 1. The zero-order valence-corrected chi connectivity index (χ0v) is 22.7. The van der Waals surface area contributed by atoms with Crippen LogP contribution in [0.3, 0.4) is 0 Å². The minimum atomic E-state index is -1.24. The van der Waals surface area contributed by atoms with Gasteiger partial charge in [0, 0.05) is 17.7 Å². The SMILES string of the molecule is CCOC(=O)C(C(c1ccc([N+](=O)[O-])cc1)c1c([O-])[nH]c(=S)[nH]c1=O)n1c[n+](Cc2ccccc2)c2ccccc21. The Kier molecular flexibility index (Phi) is 7.74. The van der Waals surface area contributed by atoms with E-state index in [1.165, 1.54) is 24.3 Å². The molecule has 11 nitrogen and oxygen atoms in total. The molecule has 0 aliphatic rings. The number of hydrogen-bond acceptors (Lipinski definition) is 7. The summed E-state index contributed by atoms with van der Waals surface area (Å²) in [5.41, 5.74) is 1.57. The monoisotopic (exact) mass is 571 g/mol. The van der Waals surface area contributed by atoms with Crippen LogP contribution in [0.4, 0.5) is 5.69 Å². The van der Waals surface area contributed by atoms with Crippen LogP contribution in [0, 0.1) is 14.9 Å². The van der Waals surface area contributed by atoms with E-state index in [1.807, 2.05) is 59.2 Å². The minimum Gasteiger partial charge on any atom is -0.860 e. The van der Waals surface area contributed by atoms with E-state index in [0.29, 0.717) is 17.6 Å². The number of nitrogens with one attached hydrogen (secondary N) is 2. The van der Waals surface area contributed by atoms with Crippen molar-refractivity contribution < 1.29 is 24.1 Å². The summed E-state index contributed by atoms with van der Waals surface area (Å²) in [6.45, 7) is 2.19. The Balaban J connectivity index is 1.79. The maximum atomic E-state index is 13.8. The normalized spacial score (nSPS) is 12.6. The summed E-state index contributed by atoms with van der Waals surface area (Å²) in [6.07, 6.45) is 1.75. The molecule has 12 heteroatoms. The molecule has 0 aliphatic carbocycles. The fraction of sp³-hybridized carbons (Fsp3) is 0.172. The van der Waals surface area contributed by atoms with Gasteiger partial charge in [0.1, 0.15) is 6.54 Å². The Labute approximate surface area is 238 Å². The zero-order chi connectivity index (χ0) is 29.1. The molecule has 0 fully saturated rings. The molecular formula is C29H25N5O6S. The van der Waals surface area contributed by atoms with Gasteiger partial charge in [0.05, 0.1) is 17.4 Å². The first kappa shape index (κ1) is 27.5. The molecule has 2 unspecified atom stereocenters. The first-order valence-electron chi connectivity index (χ1n) is 12.8. The van der Waals surface area contributed by atoms with E-state index in [1.54, 1.807) is 17.8 Å². The number of carbonyl (C=O) groups excluding carboxylic acids is 1. The summed E-state index contributed by atoms with van der Waals surface area (Å²) in [7, 11) is 0. The van der Waals surface area contributed by atoms with Crippen LogP contribution in [0.5, 0.6) is 5.88 Å². The molecule has 208 valence electrons. The number of rotatable bonds is 9. The maximum absolute atomic E-state index is 13.8. The van der Waals surface area contributed by atoms with Crippen LogP contribution in [-0.2, 0) is 16.1 Å². The molecule has 41 heavy (non-hydrogen) atoms. The number of fused-ring (bicyclic) bond motifs is 1. The van der Waals surface area contributed by atoms with Gasteiger partial charge in [-0.3, -0.25) is 19.9 Å². The van der Waals surface area contributed by atoms with Crippen LogP contribution in [-0.4, -0.2) is 32.0 Å². The average Bonchev–Trinajstić information content (AvgIpc) is 3.30. The van der Waals surface area contributed by atoms with E-state index < -0.39 is 34.3 Å². The molecule has 0 bridgehead atoms. The molecule has 0 aliphatic heterocycles. The summed E-state index contributed by atoms with van der Waals surface area (Å²) >= 11 is 4.99. The summed E-state index contributed by atoms with van der Waals surface area (Å²) in [4.78, 5) is 42.7. The van der Waals surface area contributed by atoms with Gasteiger partial charge in [-0.2, -0.15) is 0 Å². The van der Waals surface area contributed by atoms with Crippen LogP contribution < -0.4 is 15.2 Å². The fourth-order valence-electron chi connectivity index (χ4n) is 5.03. The van der Waals surface area contributed by atoms with Gasteiger partial charge in [0.25, 0.3) is 11.2 Å². The predicted octanol–water partition coefficient (Wildman–Crippen LogP) is 3.64. The van der Waals surface area contributed by atoms with E-state index in [0.717, 1.165) is 11.1 Å². The summed E-state index contributed by atoms with van der Waals surface area (Å²) in [6, 6.07) is 21.3. The van der Waals surface area contributed by atoms with Crippen molar-refractivity contribution in [3.05, 3.63) is 127 Å². The van der Waals surface area contributed by atoms with Gasteiger partial charge < -0.3 is 14.8 Å². The van der Waals surface area contributed by atoms with Crippen LogP contribution in [0.2, 0.25) is 0 Å². The van der Waals surface area contributed by atoms with Gasteiger partial charge in [0.15, 0.2) is 15.8 Å². The Morgan fingerprint density at radius 2 is 1.73 bits per heavy atom. The van der Waals surface area contributed by atoms with Crippen molar-refractivity contribution >= 4 is 34.9 Å². The van der Waals surface area contributed by atoms with Crippen LogP contribution >= 0.6 is 12.2 Å². The largest absolute Gasteiger partial charge is 0.860 e. The first-order valence-corrected chi connectivity index (χ1v) is 13.2. The van der Waals surface area contributed by atoms with Gasteiger partial charge in [-0.15, -0.1) is 0 Å². The smallest absolute Gasteiger partial charge is 0.352 e. The number of nitro groups is 1. The van der Waals surface area contributed by atoms with Crippen LogP contribution in [0.15, 0.2) is 90.0 Å². The van der Waals surface area contributed by atoms with Crippen molar-refractivity contribution in [2.24, 2.45) is 0 Å². The Morgan fingerprint density at radius 3 is 2.39 bits per heavy atom. The standard InChI is InChI=1S/C29H25N5O6S/c1-2-40-28(37)25(33-17-32(16-18-8-4-3-5-9-18)21-10-6-7-11-22(21)33)23(19-12-14-20(15-13-19)34(38)39)24-26(35)30-29(41)31-27(24)36/h3-15,17,23,25H,2,16H2,1H3,(H2-,30,31,35,36,41). The number of nitro benzene ring substituents is 1. The fourth-order valence-corrected chi connectivity index (χ4v) is 5.22. The van der Waals surface area contributed by atoms with E-state index in [9.17, 15) is 24.8 Å². The van der Waals surface area contributed by atoms with E-state index in [2.05, 4.69) is 9.97 Å². The maximum Gasteiger partial charge on any atom is 0.352 e. The highest BCUT2D eigenvalue weighted by Gasteiger charge is 2.41. The first-order chi connectivity index (χ1) is 19.8. The highest BCUT2D eigenvalue weighted by molar-refractivity contribution is 7.71. The van der Waals surface area contributed by atoms with Crippen LogP contribution in [0.25, 0.3) is 11.0 Å². The second-order valence-electron chi connectivity index (χ2n) is 9.30.